The molecular weight excluding hydrogens is 290 g/mol. The molecule has 3 N–H and O–H groups in total. The van der Waals surface area contributed by atoms with Crippen LogP contribution >= 0.6 is 12.2 Å². The van der Waals surface area contributed by atoms with Crippen molar-refractivity contribution in [3.05, 3.63) is 46.6 Å². The van der Waals surface area contributed by atoms with Gasteiger partial charge in [0.25, 0.3) is 0 Å². The van der Waals surface area contributed by atoms with Gasteiger partial charge in [-0.25, -0.2) is 9.48 Å². The second-order valence-corrected chi connectivity index (χ2v) is 4.93. The third-order valence-corrected chi connectivity index (χ3v) is 3.10. The minimum Gasteiger partial charge on any atom is -0.389 e. The van der Waals surface area contributed by atoms with E-state index in [0.29, 0.717) is 11.3 Å². The fraction of sp³-hybridized carbons (Fsp3) is 0.231. The molecule has 0 aliphatic rings. The number of carbonyl (C=O) groups is 1. The lowest BCUT2D eigenvalue weighted by atomic mass is 10.2. The molecule has 0 aliphatic heterocycles. The van der Waals surface area contributed by atoms with Gasteiger partial charge in [0.1, 0.15) is 11.3 Å². The van der Waals surface area contributed by atoms with Crippen molar-refractivity contribution in [3.8, 4) is 0 Å². The van der Waals surface area contributed by atoms with Gasteiger partial charge in [-0.05, 0) is 12.1 Å². The third-order valence-electron chi connectivity index (χ3n) is 2.87. The van der Waals surface area contributed by atoms with E-state index >= 15 is 0 Å². The van der Waals surface area contributed by atoms with Crippen LogP contribution in [0.25, 0.3) is 0 Å². The molecule has 0 radical (unpaired) electrons. The lowest BCUT2D eigenvalue weighted by Gasteiger charge is -2.06. The normalized spacial score (nSPS) is 10.3. The fourth-order valence-corrected chi connectivity index (χ4v) is 1.88. The second kappa shape index (κ2) is 6.31. The van der Waals surface area contributed by atoms with Gasteiger partial charge < -0.3 is 11.1 Å². The molecule has 1 heterocycles. The molecule has 0 spiro atoms. The number of hydrogen-bond acceptors (Lipinski definition) is 4. The molecule has 2 aromatic rings. The van der Waals surface area contributed by atoms with Crippen LogP contribution in [0.15, 0.2) is 35.4 Å². The Balaban J connectivity index is 1.96. The zero-order valence-electron chi connectivity index (χ0n) is 11.4. The highest BCUT2D eigenvalue weighted by Gasteiger charge is 2.07. The molecule has 0 aliphatic carbocycles. The number of thiocarbonyl (C=S) groups is 1. The molecule has 8 heteroatoms. The van der Waals surface area contributed by atoms with Crippen molar-refractivity contribution in [1.82, 2.24) is 14.3 Å². The monoisotopic (exact) mass is 305 g/mol. The summed E-state index contributed by atoms with van der Waals surface area (Å²) in [5.41, 5.74) is 6.58. The summed E-state index contributed by atoms with van der Waals surface area (Å²) >= 11 is 4.88. The van der Waals surface area contributed by atoms with Gasteiger partial charge in [0.15, 0.2) is 0 Å². The summed E-state index contributed by atoms with van der Waals surface area (Å²) < 4.78 is 2.59. The van der Waals surface area contributed by atoms with E-state index in [1.54, 1.807) is 31.3 Å². The predicted molar refractivity (Wildman–Crippen MR) is 83.0 cm³/mol. The summed E-state index contributed by atoms with van der Waals surface area (Å²) in [4.78, 5) is 23.7. The van der Waals surface area contributed by atoms with Crippen molar-refractivity contribution in [1.29, 1.82) is 0 Å². The molecule has 0 saturated heterocycles. The predicted octanol–water partition coefficient (Wildman–Crippen LogP) is 0.245. The van der Waals surface area contributed by atoms with Crippen molar-refractivity contribution in [2.24, 2.45) is 12.8 Å². The first-order chi connectivity index (χ1) is 9.97. The van der Waals surface area contributed by atoms with E-state index in [1.165, 1.54) is 15.6 Å². The number of nitrogens with one attached hydrogen (secondary N) is 1. The van der Waals surface area contributed by atoms with Crippen LogP contribution in [0.3, 0.4) is 0 Å². The number of hydrogen-bond donors (Lipinski definition) is 2. The number of anilines is 1. The largest absolute Gasteiger partial charge is 0.389 e. The van der Waals surface area contributed by atoms with Crippen molar-refractivity contribution in [3.63, 3.8) is 0 Å². The Labute approximate surface area is 126 Å². The van der Waals surface area contributed by atoms with Gasteiger partial charge in [-0.2, -0.15) is 5.10 Å². The Morgan fingerprint density at radius 3 is 2.86 bits per heavy atom. The average Bonchev–Trinajstić information content (AvgIpc) is 2.77. The highest BCUT2D eigenvalue weighted by Crippen LogP contribution is 2.10. The van der Waals surface area contributed by atoms with Crippen LogP contribution in [0, 0.1) is 0 Å². The molecule has 2 rings (SSSR count). The molecule has 0 fully saturated rings. The van der Waals surface area contributed by atoms with Gasteiger partial charge in [0, 0.05) is 24.7 Å². The van der Waals surface area contributed by atoms with E-state index in [0.717, 1.165) is 0 Å². The first-order valence-corrected chi connectivity index (χ1v) is 6.66. The highest BCUT2D eigenvalue weighted by molar-refractivity contribution is 7.80. The fourth-order valence-electron chi connectivity index (χ4n) is 1.76. The van der Waals surface area contributed by atoms with Crippen LogP contribution in [-0.2, 0) is 18.4 Å². The van der Waals surface area contributed by atoms with Gasteiger partial charge in [0.05, 0.1) is 6.54 Å². The molecular formula is C13H15N5O2S. The third kappa shape index (κ3) is 3.76. The van der Waals surface area contributed by atoms with Crippen LogP contribution in [0.1, 0.15) is 12.0 Å². The molecule has 0 unspecified atom stereocenters. The molecule has 1 aromatic heterocycles. The van der Waals surface area contributed by atoms with Crippen molar-refractivity contribution >= 4 is 28.8 Å². The number of aryl methyl sites for hydroxylation is 2. The molecule has 1 amide bonds. The Bertz CT molecular complexity index is 734. The summed E-state index contributed by atoms with van der Waals surface area (Å²) in [6, 6.07) is 6.97. The van der Waals surface area contributed by atoms with Crippen LogP contribution in [0.2, 0.25) is 0 Å². The van der Waals surface area contributed by atoms with Crippen LogP contribution < -0.4 is 16.7 Å². The van der Waals surface area contributed by atoms with Gasteiger partial charge in [0.2, 0.25) is 5.91 Å². The van der Waals surface area contributed by atoms with E-state index in [-0.39, 0.29) is 29.6 Å². The molecule has 0 saturated carbocycles. The quantitative estimate of drug-likeness (QED) is 0.772. The van der Waals surface area contributed by atoms with E-state index < -0.39 is 0 Å². The SMILES string of the molecule is Cn1cnn(CCC(=O)Nc2cccc(C(N)=S)c2)c1=O. The van der Waals surface area contributed by atoms with Crippen LogP contribution in [-0.4, -0.2) is 25.2 Å². The summed E-state index contributed by atoms with van der Waals surface area (Å²) in [7, 11) is 1.60. The summed E-state index contributed by atoms with van der Waals surface area (Å²) in [6.45, 7) is 0.223. The number of carbonyl (C=O) groups excluding carboxylic acids is 1. The molecule has 0 atom stereocenters. The molecule has 0 bridgehead atoms. The minimum atomic E-state index is -0.252. The van der Waals surface area contributed by atoms with Crippen molar-refractivity contribution in [2.75, 3.05) is 5.32 Å². The standard InChI is InChI=1S/C13H15N5O2S/c1-17-8-15-18(13(17)20)6-5-11(19)16-10-4-2-3-9(7-10)12(14)21/h2-4,7-8H,5-6H2,1H3,(H2,14,21)(H,16,19). The second-order valence-electron chi connectivity index (χ2n) is 4.49. The van der Waals surface area contributed by atoms with E-state index in [9.17, 15) is 9.59 Å². The zero-order valence-corrected chi connectivity index (χ0v) is 12.3. The summed E-state index contributed by atoms with van der Waals surface area (Å²) in [5.74, 6) is -0.215. The maximum absolute atomic E-state index is 11.9. The molecule has 110 valence electrons. The average molecular weight is 305 g/mol. The van der Waals surface area contributed by atoms with Crippen molar-refractivity contribution in [2.45, 2.75) is 13.0 Å². The smallest absolute Gasteiger partial charge is 0.345 e. The lowest BCUT2D eigenvalue weighted by molar-refractivity contribution is -0.116. The Morgan fingerprint density at radius 1 is 1.48 bits per heavy atom. The number of nitrogens with zero attached hydrogens (tertiary/aromatic N) is 3. The Kier molecular flexibility index (Phi) is 4.49. The van der Waals surface area contributed by atoms with Gasteiger partial charge >= 0.3 is 5.69 Å². The van der Waals surface area contributed by atoms with E-state index in [4.69, 9.17) is 18.0 Å². The van der Waals surface area contributed by atoms with Crippen LogP contribution in [0.4, 0.5) is 5.69 Å². The van der Waals surface area contributed by atoms with Crippen molar-refractivity contribution < 1.29 is 4.79 Å². The molecule has 7 nitrogen and oxygen atoms in total. The maximum Gasteiger partial charge on any atom is 0.345 e. The number of benzene rings is 1. The number of aromatic nitrogens is 3. The summed E-state index contributed by atoms with van der Waals surface area (Å²) in [5, 5.41) is 6.61. The molecule has 1 aromatic carbocycles. The van der Waals surface area contributed by atoms with Gasteiger partial charge in [-0.3, -0.25) is 9.36 Å². The number of rotatable bonds is 5. The van der Waals surface area contributed by atoms with Gasteiger partial charge in [-0.1, -0.05) is 24.4 Å². The van der Waals surface area contributed by atoms with E-state index in [1.807, 2.05) is 0 Å². The Morgan fingerprint density at radius 2 is 2.24 bits per heavy atom. The van der Waals surface area contributed by atoms with Gasteiger partial charge in [-0.15, -0.1) is 0 Å². The van der Waals surface area contributed by atoms with E-state index in [2.05, 4.69) is 10.4 Å². The minimum absolute atomic E-state index is 0.147. The first kappa shape index (κ1) is 14.9. The zero-order chi connectivity index (χ0) is 15.4. The molecule has 21 heavy (non-hydrogen) atoms. The summed E-state index contributed by atoms with van der Waals surface area (Å²) in [6.07, 6.45) is 1.56. The number of amides is 1. The topological polar surface area (TPSA) is 94.9 Å². The maximum atomic E-state index is 11.9. The highest BCUT2D eigenvalue weighted by atomic mass is 32.1. The van der Waals surface area contributed by atoms with Crippen LogP contribution in [0.5, 0.6) is 0 Å². The first-order valence-electron chi connectivity index (χ1n) is 6.25. The Hall–Kier alpha value is -2.48. The number of nitrogens with two attached hydrogens (primary N) is 1. The lowest BCUT2D eigenvalue weighted by Crippen LogP contribution is -2.25.